The van der Waals surface area contributed by atoms with Crippen LogP contribution in [0, 0.1) is 0 Å². The van der Waals surface area contributed by atoms with E-state index in [4.69, 9.17) is 4.42 Å². The van der Waals surface area contributed by atoms with Crippen LogP contribution in [0.1, 0.15) is 0 Å². The maximum absolute atomic E-state index is 6.66. The van der Waals surface area contributed by atoms with Gasteiger partial charge in [-0.1, -0.05) is 176 Å². The number of rotatable bonds is 7. The van der Waals surface area contributed by atoms with Crippen molar-refractivity contribution in [1.29, 1.82) is 0 Å². The SMILES string of the molecule is c1cc(-c2cc3ccccc3c3ccccc23)cc(N(c2ccc(-c3cccc(-n4c5ccccc5c5ccccc54)c3)cc2)c2cccc(-c3cccc4oc5c6ccccc6ccc5c34)c2)c1. The molecule has 0 N–H and O–H groups in total. The second-order valence-corrected chi connectivity index (χ2v) is 18.0. The average Bonchev–Trinajstić information content (AvgIpc) is 3.98. The first-order valence-electron chi connectivity index (χ1n) is 23.7. The van der Waals surface area contributed by atoms with Gasteiger partial charge >= 0.3 is 0 Å². The van der Waals surface area contributed by atoms with E-state index in [1.807, 2.05) is 0 Å². The van der Waals surface area contributed by atoms with Crippen molar-refractivity contribution < 1.29 is 4.42 Å². The molecule has 14 rings (SSSR count). The molecule has 0 bridgehead atoms. The third-order valence-corrected chi connectivity index (χ3v) is 14.1. The number of hydrogen-bond acceptors (Lipinski definition) is 2. The van der Waals surface area contributed by atoms with Gasteiger partial charge in [0.1, 0.15) is 11.2 Å². The highest BCUT2D eigenvalue weighted by molar-refractivity contribution is 6.19. The Labute approximate surface area is 399 Å². The molecule has 0 amide bonds. The van der Waals surface area contributed by atoms with Crippen molar-refractivity contribution in [3.05, 3.63) is 255 Å². The molecule has 0 unspecified atom stereocenters. The van der Waals surface area contributed by atoms with Crippen molar-refractivity contribution in [2.45, 2.75) is 0 Å². The van der Waals surface area contributed by atoms with E-state index in [0.29, 0.717) is 0 Å². The first kappa shape index (κ1) is 39.0. The largest absolute Gasteiger partial charge is 0.455 e. The highest BCUT2D eigenvalue weighted by Crippen LogP contribution is 2.44. The lowest BCUT2D eigenvalue weighted by molar-refractivity contribution is 0.673. The van der Waals surface area contributed by atoms with Crippen molar-refractivity contribution >= 4 is 93.1 Å². The monoisotopic (exact) mass is 878 g/mol. The summed E-state index contributed by atoms with van der Waals surface area (Å²) in [7, 11) is 0. The zero-order valence-electron chi connectivity index (χ0n) is 37.6. The molecule has 0 aliphatic rings. The van der Waals surface area contributed by atoms with Crippen molar-refractivity contribution in [2.75, 3.05) is 4.90 Å². The quantitative estimate of drug-likeness (QED) is 0.149. The predicted molar refractivity (Wildman–Crippen MR) is 292 cm³/mol. The molecule has 14 aromatic rings. The van der Waals surface area contributed by atoms with Crippen LogP contribution in [-0.4, -0.2) is 4.57 Å². The lowest BCUT2D eigenvalue weighted by Crippen LogP contribution is -2.10. The molecule has 0 aliphatic carbocycles. The number of furan rings is 1. The molecule has 69 heavy (non-hydrogen) atoms. The van der Waals surface area contributed by atoms with Gasteiger partial charge in [0, 0.05) is 49.7 Å². The van der Waals surface area contributed by atoms with Crippen LogP contribution < -0.4 is 4.90 Å². The van der Waals surface area contributed by atoms with Crippen LogP contribution in [0.25, 0.3) is 115 Å². The molecule has 2 heterocycles. The van der Waals surface area contributed by atoms with Crippen molar-refractivity contribution in [1.82, 2.24) is 4.57 Å². The van der Waals surface area contributed by atoms with E-state index in [1.54, 1.807) is 0 Å². The highest BCUT2D eigenvalue weighted by atomic mass is 16.3. The second-order valence-electron chi connectivity index (χ2n) is 18.0. The Kier molecular flexibility index (Phi) is 8.90. The van der Waals surface area contributed by atoms with Gasteiger partial charge in [0.25, 0.3) is 0 Å². The summed E-state index contributed by atoms with van der Waals surface area (Å²) < 4.78 is 9.05. The van der Waals surface area contributed by atoms with E-state index < -0.39 is 0 Å². The van der Waals surface area contributed by atoms with Gasteiger partial charge in [-0.15, -0.1) is 0 Å². The molecule has 2 aromatic heterocycles. The lowest BCUT2D eigenvalue weighted by atomic mass is 9.93. The summed E-state index contributed by atoms with van der Waals surface area (Å²) in [4.78, 5) is 2.40. The zero-order chi connectivity index (χ0) is 45.4. The smallest absolute Gasteiger partial charge is 0.143 e. The van der Waals surface area contributed by atoms with Crippen LogP contribution in [0.15, 0.2) is 259 Å². The number of nitrogens with zero attached hydrogens (tertiary/aromatic N) is 2. The number of benzene rings is 12. The lowest BCUT2D eigenvalue weighted by Gasteiger charge is -2.27. The first-order valence-corrected chi connectivity index (χ1v) is 23.7. The van der Waals surface area contributed by atoms with Crippen LogP contribution in [0.4, 0.5) is 17.1 Å². The molecule has 0 spiro atoms. The zero-order valence-corrected chi connectivity index (χ0v) is 37.6. The topological polar surface area (TPSA) is 21.3 Å². The number of para-hydroxylation sites is 2. The van der Waals surface area contributed by atoms with Gasteiger partial charge in [0.2, 0.25) is 0 Å². The van der Waals surface area contributed by atoms with E-state index >= 15 is 0 Å². The van der Waals surface area contributed by atoms with Crippen LogP contribution in [0.5, 0.6) is 0 Å². The Morgan fingerprint density at radius 1 is 0.304 bits per heavy atom. The van der Waals surface area contributed by atoms with Gasteiger partial charge < -0.3 is 13.9 Å². The van der Waals surface area contributed by atoms with Crippen LogP contribution in [-0.2, 0) is 0 Å². The fourth-order valence-corrected chi connectivity index (χ4v) is 11.0. The Morgan fingerprint density at radius 3 is 1.62 bits per heavy atom. The normalized spacial score (nSPS) is 11.8. The highest BCUT2D eigenvalue weighted by Gasteiger charge is 2.20. The number of fused-ring (bicyclic) bond motifs is 11. The molecule has 0 atom stereocenters. The number of anilines is 3. The third-order valence-electron chi connectivity index (χ3n) is 14.1. The minimum Gasteiger partial charge on any atom is -0.455 e. The van der Waals surface area contributed by atoms with Gasteiger partial charge in [0.15, 0.2) is 0 Å². The maximum atomic E-state index is 6.66. The minimum absolute atomic E-state index is 0.884. The summed E-state index contributed by atoms with van der Waals surface area (Å²) in [5.74, 6) is 0. The molecule has 3 heteroatoms. The van der Waals surface area contributed by atoms with E-state index in [2.05, 4.69) is 264 Å². The molecule has 0 radical (unpaired) electrons. The summed E-state index contributed by atoms with van der Waals surface area (Å²) in [6.45, 7) is 0. The maximum Gasteiger partial charge on any atom is 0.143 e. The average molecular weight is 879 g/mol. The number of hydrogen-bond donors (Lipinski definition) is 0. The van der Waals surface area contributed by atoms with Gasteiger partial charge in [-0.3, -0.25) is 0 Å². The van der Waals surface area contributed by atoms with Gasteiger partial charge in [-0.2, -0.15) is 0 Å². The Morgan fingerprint density at radius 2 is 0.884 bits per heavy atom. The molecule has 0 saturated heterocycles. The fraction of sp³-hybridized carbons (Fsp3) is 0. The van der Waals surface area contributed by atoms with E-state index in [9.17, 15) is 0 Å². The molecule has 322 valence electrons. The van der Waals surface area contributed by atoms with Crippen LogP contribution >= 0.6 is 0 Å². The minimum atomic E-state index is 0.884. The summed E-state index contributed by atoms with van der Waals surface area (Å²) in [6.07, 6.45) is 0. The number of aromatic nitrogens is 1. The molecule has 3 nitrogen and oxygen atoms in total. The van der Waals surface area contributed by atoms with E-state index in [-0.39, 0.29) is 0 Å². The van der Waals surface area contributed by atoms with Crippen molar-refractivity contribution in [2.24, 2.45) is 0 Å². The van der Waals surface area contributed by atoms with Crippen LogP contribution in [0.2, 0.25) is 0 Å². The van der Waals surface area contributed by atoms with Gasteiger partial charge in [-0.05, 0) is 139 Å². The van der Waals surface area contributed by atoms with Gasteiger partial charge in [0.05, 0.1) is 11.0 Å². The third kappa shape index (κ3) is 6.36. The van der Waals surface area contributed by atoms with E-state index in [1.165, 1.54) is 54.3 Å². The molecule has 0 fully saturated rings. The first-order chi connectivity index (χ1) is 34.2. The summed E-state index contributed by atoms with van der Waals surface area (Å²) in [5, 5.41) is 12.0. The summed E-state index contributed by atoms with van der Waals surface area (Å²) in [6, 6.07) is 92.5. The summed E-state index contributed by atoms with van der Waals surface area (Å²) >= 11 is 0. The Hall–Kier alpha value is -9.18. The Balaban J connectivity index is 0.917. The predicted octanol–water partition coefficient (Wildman–Crippen LogP) is 18.6. The molecular formula is C66H42N2O. The standard InChI is InChI=1S/C66H42N2O/c1-4-24-55-44(15-1)35-38-60-65-54(29-14-32-64(65)69-66(55)60)46-18-12-20-50(40-46)67(51-21-13-19-47(41-51)61-42-48-16-2-3-23-53(48)56-25-5-6-26-57(56)61)49-36-33-43(34-37-49)45-17-11-22-52(39-45)68-62-30-9-7-27-58(62)59-28-8-10-31-63(59)68/h1-42H. The second kappa shape index (κ2) is 15.7. The molecule has 0 aliphatic heterocycles. The van der Waals surface area contributed by atoms with Crippen LogP contribution in [0.3, 0.4) is 0 Å². The van der Waals surface area contributed by atoms with E-state index in [0.717, 1.165) is 77.9 Å². The summed E-state index contributed by atoms with van der Waals surface area (Å²) in [5.41, 5.74) is 15.5. The Bertz CT molecular complexity index is 4270. The van der Waals surface area contributed by atoms with Crippen molar-refractivity contribution in [3.8, 4) is 39.1 Å². The molecular weight excluding hydrogens is 837 g/mol. The fourth-order valence-electron chi connectivity index (χ4n) is 11.0. The van der Waals surface area contributed by atoms with Crippen molar-refractivity contribution in [3.63, 3.8) is 0 Å². The molecule has 0 saturated carbocycles. The van der Waals surface area contributed by atoms with Gasteiger partial charge in [-0.25, -0.2) is 0 Å². The molecule has 12 aromatic carbocycles.